The Morgan fingerprint density at radius 3 is 2.42 bits per heavy atom. The summed E-state index contributed by atoms with van der Waals surface area (Å²) >= 11 is 0. The fourth-order valence-electron chi connectivity index (χ4n) is 8.80. The standard InChI is InChI=1S/C24H42/c1-5-19-8-11-23-22-10-7-18-14-17(4)6-9-20(18)21(22)12-13-24(19,23)15-16(2)3/h16-23H,5-15H2,1-4H3/t17-,18?,19?,20?,21?,22?,23?,24?/m1/s1. The number of hydrogen-bond donors (Lipinski definition) is 0. The van der Waals surface area contributed by atoms with Crippen molar-refractivity contribution in [1.29, 1.82) is 0 Å². The molecule has 0 aromatic rings. The largest absolute Gasteiger partial charge is 0.0651 e. The van der Waals surface area contributed by atoms with Gasteiger partial charge in [0.1, 0.15) is 0 Å². The summed E-state index contributed by atoms with van der Waals surface area (Å²) in [6.07, 6.45) is 17.2. The highest BCUT2D eigenvalue weighted by Gasteiger charge is 2.58. The van der Waals surface area contributed by atoms with Crippen molar-refractivity contribution < 1.29 is 0 Å². The molecule has 0 saturated heterocycles. The van der Waals surface area contributed by atoms with E-state index in [1.54, 1.807) is 51.4 Å². The van der Waals surface area contributed by atoms with Gasteiger partial charge in [0.2, 0.25) is 0 Å². The zero-order chi connectivity index (χ0) is 16.9. The molecule has 0 amide bonds. The number of rotatable bonds is 3. The van der Waals surface area contributed by atoms with Crippen LogP contribution in [0.3, 0.4) is 0 Å². The van der Waals surface area contributed by atoms with Crippen LogP contribution in [-0.4, -0.2) is 0 Å². The average Bonchev–Trinajstić information content (AvgIpc) is 2.91. The van der Waals surface area contributed by atoms with Crippen LogP contribution in [0.2, 0.25) is 0 Å². The molecule has 0 aromatic carbocycles. The predicted octanol–water partition coefficient (Wildman–Crippen LogP) is 7.33. The third kappa shape index (κ3) is 2.69. The SMILES string of the molecule is CCC1CCC2C3CCC4C[C@H](C)CCC4C3CCC12CC(C)C. The lowest BCUT2D eigenvalue weighted by Crippen LogP contribution is -2.49. The monoisotopic (exact) mass is 330 g/mol. The summed E-state index contributed by atoms with van der Waals surface area (Å²) in [5, 5.41) is 0. The van der Waals surface area contributed by atoms with E-state index in [4.69, 9.17) is 0 Å². The van der Waals surface area contributed by atoms with E-state index < -0.39 is 0 Å². The van der Waals surface area contributed by atoms with E-state index in [-0.39, 0.29) is 0 Å². The first-order valence-corrected chi connectivity index (χ1v) is 11.5. The molecule has 4 aliphatic carbocycles. The molecule has 0 aromatic heterocycles. The van der Waals surface area contributed by atoms with Crippen LogP contribution in [0.15, 0.2) is 0 Å². The van der Waals surface area contributed by atoms with Crippen molar-refractivity contribution >= 4 is 0 Å². The summed E-state index contributed by atoms with van der Waals surface area (Å²) in [5.41, 5.74) is 0.749. The molecule has 0 nitrogen and oxygen atoms in total. The predicted molar refractivity (Wildman–Crippen MR) is 104 cm³/mol. The lowest BCUT2D eigenvalue weighted by Gasteiger charge is -2.57. The highest BCUT2D eigenvalue weighted by atomic mass is 14.6. The molecule has 8 atom stereocenters. The summed E-state index contributed by atoms with van der Waals surface area (Å²) in [4.78, 5) is 0. The second-order valence-electron chi connectivity index (χ2n) is 10.9. The zero-order valence-electron chi connectivity index (χ0n) is 16.9. The molecule has 4 saturated carbocycles. The minimum absolute atomic E-state index is 0.749. The van der Waals surface area contributed by atoms with Crippen molar-refractivity contribution in [3.8, 4) is 0 Å². The van der Waals surface area contributed by atoms with Crippen molar-refractivity contribution in [2.75, 3.05) is 0 Å². The molecule has 138 valence electrons. The Morgan fingerprint density at radius 2 is 1.67 bits per heavy atom. The number of hydrogen-bond acceptors (Lipinski definition) is 0. The first-order chi connectivity index (χ1) is 11.5. The van der Waals surface area contributed by atoms with E-state index in [9.17, 15) is 0 Å². The molecule has 0 radical (unpaired) electrons. The molecule has 0 bridgehead atoms. The van der Waals surface area contributed by atoms with Crippen molar-refractivity contribution in [2.45, 2.75) is 98.3 Å². The first kappa shape index (κ1) is 17.4. The Bertz CT molecular complexity index is 437. The Hall–Kier alpha value is 0. The minimum Gasteiger partial charge on any atom is -0.0651 e. The second kappa shape index (κ2) is 6.62. The minimum atomic E-state index is 0.749. The van der Waals surface area contributed by atoms with E-state index in [1.807, 2.05) is 0 Å². The van der Waals surface area contributed by atoms with Crippen LogP contribution in [0.25, 0.3) is 0 Å². The lowest BCUT2D eigenvalue weighted by molar-refractivity contribution is -0.0824. The Balaban J connectivity index is 1.58. The fraction of sp³-hybridized carbons (Fsp3) is 1.00. The van der Waals surface area contributed by atoms with Crippen LogP contribution in [0, 0.1) is 52.8 Å². The van der Waals surface area contributed by atoms with Gasteiger partial charge in [-0.25, -0.2) is 0 Å². The topological polar surface area (TPSA) is 0 Å². The summed E-state index contributed by atoms with van der Waals surface area (Å²) in [6, 6.07) is 0. The summed E-state index contributed by atoms with van der Waals surface area (Å²) < 4.78 is 0. The summed E-state index contributed by atoms with van der Waals surface area (Å²) in [5.74, 6) is 8.53. The van der Waals surface area contributed by atoms with Gasteiger partial charge in [0, 0.05) is 0 Å². The van der Waals surface area contributed by atoms with Crippen LogP contribution < -0.4 is 0 Å². The maximum atomic E-state index is 2.51. The van der Waals surface area contributed by atoms with Gasteiger partial charge >= 0.3 is 0 Å². The third-order valence-electron chi connectivity index (χ3n) is 9.39. The van der Waals surface area contributed by atoms with E-state index in [0.717, 1.165) is 52.8 Å². The van der Waals surface area contributed by atoms with Gasteiger partial charge in [0.15, 0.2) is 0 Å². The fourth-order valence-corrected chi connectivity index (χ4v) is 8.80. The molecule has 4 fully saturated rings. The molecular weight excluding hydrogens is 288 g/mol. The van der Waals surface area contributed by atoms with Crippen LogP contribution >= 0.6 is 0 Å². The Labute approximate surface area is 151 Å². The van der Waals surface area contributed by atoms with E-state index >= 15 is 0 Å². The highest BCUT2D eigenvalue weighted by Crippen LogP contribution is 2.66. The molecule has 0 N–H and O–H groups in total. The van der Waals surface area contributed by atoms with Gasteiger partial charge in [-0.3, -0.25) is 0 Å². The molecule has 24 heavy (non-hydrogen) atoms. The van der Waals surface area contributed by atoms with Gasteiger partial charge in [-0.05, 0) is 111 Å². The van der Waals surface area contributed by atoms with Crippen molar-refractivity contribution in [1.82, 2.24) is 0 Å². The first-order valence-electron chi connectivity index (χ1n) is 11.5. The number of fused-ring (bicyclic) bond motifs is 5. The van der Waals surface area contributed by atoms with Gasteiger partial charge in [-0.2, -0.15) is 0 Å². The maximum absolute atomic E-state index is 2.51. The Kier molecular flexibility index (Phi) is 4.81. The molecule has 4 rings (SSSR count). The van der Waals surface area contributed by atoms with Gasteiger partial charge in [0.05, 0.1) is 0 Å². The van der Waals surface area contributed by atoms with Crippen molar-refractivity contribution in [2.24, 2.45) is 52.8 Å². The van der Waals surface area contributed by atoms with Crippen molar-refractivity contribution in [3.63, 3.8) is 0 Å². The Morgan fingerprint density at radius 1 is 0.875 bits per heavy atom. The quantitative estimate of drug-likeness (QED) is 0.508. The molecule has 0 heterocycles. The summed E-state index contributed by atoms with van der Waals surface area (Å²) in [6.45, 7) is 9.98. The van der Waals surface area contributed by atoms with Gasteiger partial charge in [-0.1, -0.05) is 40.5 Å². The molecule has 0 aliphatic heterocycles. The smallest absolute Gasteiger partial charge is 0.0236 e. The van der Waals surface area contributed by atoms with E-state index in [0.29, 0.717) is 0 Å². The second-order valence-corrected chi connectivity index (χ2v) is 10.9. The van der Waals surface area contributed by atoms with Gasteiger partial charge in [-0.15, -0.1) is 0 Å². The molecule has 4 aliphatic rings. The van der Waals surface area contributed by atoms with E-state index in [2.05, 4.69) is 27.7 Å². The van der Waals surface area contributed by atoms with Crippen molar-refractivity contribution in [3.05, 3.63) is 0 Å². The molecular formula is C24H42. The van der Waals surface area contributed by atoms with Gasteiger partial charge < -0.3 is 0 Å². The molecule has 7 unspecified atom stereocenters. The van der Waals surface area contributed by atoms with Gasteiger partial charge in [0.25, 0.3) is 0 Å². The average molecular weight is 331 g/mol. The maximum Gasteiger partial charge on any atom is -0.0236 e. The highest BCUT2D eigenvalue weighted by molar-refractivity contribution is 5.07. The van der Waals surface area contributed by atoms with Crippen LogP contribution in [0.4, 0.5) is 0 Å². The third-order valence-corrected chi connectivity index (χ3v) is 9.39. The van der Waals surface area contributed by atoms with Crippen LogP contribution in [-0.2, 0) is 0 Å². The van der Waals surface area contributed by atoms with Crippen LogP contribution in [0.5, 0.6) is 0 Å². The normalized spacial score (nSPS) is 51.1. The van der Waals surface area contributed by atoms with E-state index in [1.165, 1.54) is 19.3 Å². The molecule has 0 spiro atoms. The molecule has 0 heteroatoms. The summed E-state index contributed by atoms with van der Waals surface area (Å²) in [7, 11) is 0. The zero-order valence-corrected chi connectivity index (χ0v) is 16.9. The van der Waals surface area contributed by atoms with Crippen LogP contribution in [0.1, 0.15) is 98.3 Å². The lowest BCUT2D eigenvalue weighted by atomic mass is 9.47.